The maximum atomic E-state index is 4.81. The van der Waals surface area contributed by atoms with Gasteiger partial charge in [0, 0.05) is 23.6 Å². The molecule has 0 amide bonds. The lowest BCUT2D eigenvalue weighted by atomic mass is 9.91. The molecule has 0 bridgehead atoms. The molecule has 1 aromatic carbocycles. The number of hydrogen-bond donors (Lipinski definition) is 1. The highest BCUT2D eigenvalue weighted by molar-refractivity contribution is 5.63. The van der Waals surface area contributed by atoms with Gasteiger partial charge in [-0.05, 0) is 32.4 Å². The molecule has 0 atom stereocenters. The van der Waals surface area contributed by atoms with E-state index in [2.05, 4.69) is 76.1 Å². The summed E-state index contributed by atoms with van der Waals surface area (Å²) < 4.78 is 0. The zero-order chi connectivity index (χ0) is 15.6. The van der Waals surface area contributed by atoms with Gasteiger partial charge in [-0.25, -0.2) is 9.97 Å². The Labute approximate surface area is 127 Å². The monoisotopic (exact) mass is 283 g/mol. The predicted octanol–water partition coefficient (Wildman–Crippen LogP) is 4.49. The highest BCUT2D eigenvalue weighted by atomic mass is 15.0. The van der Waals surface area contributed by atoms with E-state index in [-0.39, 0.29) is 5.41 Å². The van der Waals surface area contributed by atoms with Crippen LogP contribution in [0.1, 0.15) is 44.5 Å². The minimum Gasteiger partial charge on any atom is -0.370 e. The Morgan fingerprint density at radius 2 is 1.76 bits per heavy atom. The first-order valence-corrected chi connectivity index (χ1v) is 7.52. The number of rotatable bonds is 3. The van der Waals surface area contributed by atoms with Gasteiger partial charge in [-0.2, -0.15) is 0 Å². The van der Waals surface area contributed by atoms with E-state index in [0.717, 1.165) is 29.4 Å². The van der Waals surface area contributed by atoms with Gasteiger partial charge in [-0.15, -0.1) is 0 Å². The van der Waals surface area contributed by atoms with E-state index >= 15 is 0 Å². The average Bonchev–Trinajstić information content (AvgIpc) is 2.40. The Bertz CT molecular complexity index is 639. The summed E-state index contributed by atoms with van der Waals surface area (Å²) in [5.41, 5.74) is 4.60. The van der Waals surface area contributed by atoms with Crippen molar-refractivity contribution in [3.05, 3.63) is 41.1 Å². The van der Waals surface area contributed by atoms with Crippen LogP contribution < -0.4 is 5.32 Å². The van der Waals surface area contributed by atoms with Gasteiger partial charge >= 0.3 is 0 Å². The lowest BCUT2D eigenvalue weighted by Gasteiger charge is -2.20. The molecule has 2 rings (SSSR count). The largest absolute Gasteiger partial charge is 0.370 e. The molecule has 0 saturated carbocycles. The van der Waals surface area contributed by atoms with Gasteiger partial charge in [0.2, 0.25) is 0 Å². The van der Waals surface area contributed by atoms with Crippen molar-refractivity contribution >= 4 is 5.82 Å². The summed E-state index contributed by atoms with van der Waals surface area (Å²) >= 11 is 0. The first-order valence-electron chi connectivity index (χ1n) is 7.52. The minimum atomic E-state index is -0.000406. The van der Waals surface area contributed by atoms with Crippen LogP contribution in [0.2, 0.25) is 0 Å². The molecule has 0 aliphatic heterocycles. The van der Waals surface area contributed by atoms with E-state index in [0.29, 0.717) is 0 Å². The summed E-state index contributed by atoms with van der Waals surface area (Å²) in [4.78, 5) is 9.49. The molecule has 0 unspecified atom stereocenters. The summed E-state index contributed by atoms with van der Waals surface area (Å²) in [7, 11) is 0. The third kappa shape index (κ3) is 3.60. The van der Waals surface area contributed by atoms with E-state index < -0.39 is 0 Å². The highest BCUT2D eigenvalue weighted by Gasteiger charge is 2.19. The maximum Gasteiger partial charge on any atom is 0.162 e. The molecule has 3 heteroatoms. The summed E-state index contributed by atoms with van der Waals surface area (Å²) in [6.45, 7) is 13.7. The van der Waals surface area contributed by atoms with Gasteiger partial charge in [0.15, 0.2) is 5.82 Å². The van der Waals surface area contributed by atoms with Crippen LogP contribution in [0.4, 0.5) is 5.82 Å². The fraction of sp³-hybridized carbons (Fsp3) is 0.444. The molecule has 112 valence electrons. The third-order valence-electron chi connectivity index (χ3n) is 3.49. The zero-order valence-electron chi connectivity index (χ0n) is 13.9. The molecule has 0 aliphatic rings. The number of hydrogen-bond acceptors (Lipinski definition) is 3. The van der Waals surface area contributed by atoms with Crippen LogP contribution in [0.25, 0.3) is 11.4 Å². The van der Waals surface area contributed by atoms with Crippen LogP contribution in [0, 0.1) is 13.8 Å². The second kappa shape index (κ2) is 5.84. The van der Waals surface area contributed by atoms with E-state index in [1.807, 2.05) is 0 Å². The SMILES string of the molecule is CCNc1cc(C(C)(C)C)nc(-c2cc(C)ccc2C)n1. The van der Waals surface area contributed by atoms with E-state index in [4.69, 9.17) is 4.98 Å². The lowest BCUT2D eigenvalue weighted by molar-refractivity contribution is 0.568. The van der Waals surface area contributed by atoms with Gasteiger partial charge in [0.05, 0.1) is 5.69 Å². The van der Waals surface area contributed by atoms with Gasteiger partial charge < -0.3 is 5.32 Å². The number of nitrogens with one attached hydrogen (secondary N) is 1. The first kappa shape index (κ1) is 15.5. The molecule has 21 heavy (non-hydrogen) atoms. The zero-order valence-corrected chi connectivity index (χ0v) is 13.9. The van der Waals surface area contributed by atoms with Gasteiger partial charge in [-0.3, -0.25) is 0 Å². The Morgan fingerprint density at radius 1 is 1.05 bits per heavy atom. The molecule has 0 aliphatic carbocycles. The molecule has 0 fully saturated rings. The quantitative estimate of drug-likeness (QED) is 0.902. The second-order valence-corrected chi connectivity index (χ2v) is 6.56. The Morgan fingerprint density at radius 3 is 2.38 bits per heavy atom. The average molecular weight is 283 g/mol. The summed E-state index contributed by atoms with van der Waals surface area (Å²) in [5.74, 6) is 1.70. The van der Waals surface area contributed by atoms with Gasteiger partial charge in [-0.1, -0.05) is 38.5 Å². The molecule has 3 nitrogen and oxygen atoms in total. The lowest BCUT2D eigenvalue weighted by Crippen LogP contribution is -2.16. The number of aromatic nitrogens is 2. The van der Waals surface area contributed by atoms with Crippen molar-refractivity contribution < 1.29 is 0 Å². The predicted molar refractivity (Wildman–Crippen MR) is 89.8 cm³/mol. The number of benzene rings is 1. The molecule has 0 saturated heterocycles. The van der Waals surface area contributed by atoms with E-state index in [1.54, 1.807) is 0 Å². The summed E-state index contributed by atoms with van der Waals surface area (Å²) in [5, 5.41) is 3.31. The normalized spacial score (nSPS) is 11.5. The van der Waals surface area contributed by atoms with Crippen molar-refractivity contribution in [3.63, 3.8) is 0 Å². The van der Waals surface area contributed by atoms with Crippen molar-refractivity contribution in [2.45, 2.75) is 47.0 Å². The molecule has 0 radical (unpaired) electrons. The minimum absolute atomic E-state index is 0.000406. The molecule has 1 aromatic heterocycles. The van der Waals surface area contributed by atoms with Gasteiger partial charge in [0.1, 0.15) is 5.82 Å². The Balaban J connectivity index is 2.62. The van der Waals surface area contributed by atoms with E-state index in [9.17, 15) is 0 Å². The van der Waals surface area contributed by atoms with Crippen molar-refractivity contribution in [3.8, 4) is 11.4 Å². The number of aryl methyl sites for hydroxylation is 2. The van der Waals surface area contributed by atoms with Crippen molar-refractivity contribution in [1.29, 1.82) is 0 Å². The molecule has 0 spiro atoms. The molecular formula is C18H25N3. The van der Waals surface area contributed by atoms with Crippen LogP contribution in [0.15, 0.2) is 24.3 Å². The third-order valence-corrected chi connectivity index (χ3v) is 3.49. The van der Waals surface area contributed by atoms with Crippen LogP contribution in [0.5, 0.6) is 0 Å². The highest BCUT2D eigenvalue weighted by Crippen LogP contribution is 2.27. The Kier molecular flexibility index (Phi) is 4.31. The number of anilines is 1. The standard InChI is InChI=1S/C18H25N3/c1-7-19-16-11-15(18(4,5)6)20-17(21-16)14-10-12(2)8-9-13(14)3/h8-11H,7H2,1-6H3,(H,19,20,21). The molecule has 2 aromatic rings. The summed E-state index contributed by atoms with van der Waals surface area (Å²) in [6.07, 6.45) is 0. The van der Waals surface area contributed by atoms with Crippen molar-refractivity contribution in [2.24, 2.45) is 0 Å². The fourth-order valence-electron chi connectivity index (χ4n) is 2.20. The molecule has 1 heterocycles. The topological polar surface area (TPSA) is 37.8 Å². The Hall–Kier alpha value is -1.90. The molecule has 1 N–H and O–H groups in total. The first-order chi connectivity index (χ1) is 9.81. The smallest absolute Gasteiger partial charge is 0.162 e. The van der Waals surface area contributed by atoms with Crippen LogP contribution in [0.3, 0.4) is 0 Å². The van der Waals surface area contributed by atoms with Crippen molar-refractivity contribution in [2.75, 3.05) is 11.9 Å². The van der Waals surface area contributed by atoms with Crippen molar-refractivity contribution in [1.82, 2.24) is 9.97 Å². The maximum absolute atomic E-state index is 4.81. The second-order valence-electron chi connectivity index (χ2n) is 6.56. The molecular weight excluding hydrogens is 258 g/mol. The van der Waals surface area contributed by atoms with Crippen LogP contribution in [-0.4, -0.2) is 16.5 Å². The van der Waals surface area contributed by atoms with Crippen LogP contribution in [-0.2, 0) is 5.41 Å². The van der Waals surface area contributed by atoms with E-state index in [1.165, 1.54) is 11.1 Å². The fourth-order valence-corrected chi connectivity index (χ4v) is 2.20. The van der Waals surface area contributed by atoms with Gasteiger partial charge in [0.25, 0.3) is 0 Å². The van der Waals surface area contributed by atoms with Crippen LogP contribution >= 0.6 is 0 Å². The number of nitrogens with zero attached hydrogens (tertiary/aromatic N) is 2. The summed E-state index contributed by atoms with van der Waals surface area (Å²) in [6, 6.07) is 8.47.